The van der Waals surface area contributed by atoms with Gasteiger partial charge in [0.2, 0.25) is 11.8 Å². The number of carbonyl (C=O) groups excluding carboxylic acids is 2. The number of hydrazone groups is 1. The van der Waals surface area contributed by atoms with Crippen molar-refractivity contribution in [2.75, 3.05) is 11.9 Å². The van der Waals surface area contributed by atoms with E-state index in [2.05, 4.69) is 15.8 Å². The van der Waals surface area contributed by atoms with E-state index in [4.69, 9.17) is 4.74 Å². The minimum atomic E-state index is -0.366. The molecule has 0 aliphatic rings. The molecule has 3 N–H and O–H groups in total. The predicted molar refractivity (Wildman–Crippen MR) is 117 cm³/mol. The molecule has 8 heteroatoms. The summed E-state index contributed by atoms with van der Waals surface area (Å²) in [4.78, 5) is 23.8. The number of para-hydroxylation sites is 1. The van der Waals surface area contributed by atoms with Crippen molar-refractivity contribution in [3.05, 3.63) is 51.1 Å². The highest BCUT2D eigenvalue weighted by atomic mass is 127. The molecule has 0 unspecified atom stereocenters. The molecule has 0 fully saturated rings. The number of carbonyl (C=O) groups is 2. The van der Waals surface area contributed by atoms with E-state index in [-0.39, 0.29) is 30.4 Å². The number of aryl methyl sites for hydroxylation is 1. The fourth-order valence-corrected chi connectivity index (χ4v) is 2.95. The second kappa shape index (κ2) is 10.6. The number of phenols is 1. The van der Waals surface area contributed by atoms with Gasteiger partial charge in [0.05, 0.1) is 16.4 Å². The molecule has 28 heavy (non-hydrogen) atoms. The summed E-state index contributed by atoms with van der Waals surface area (Å²) in [6.07, 6.45) is 1.53. The number of amides is 2. The molecule has 0 atom stereocenters. The van der Waals surface area contributed by atoms with Crippen molar-refractivity contribution in [2.45, 2.75) is 26.7 Å². The van der Waals surface area contributed by atoms with Crippen LogP contribution in [0.5, 0.6) is 11.5 Å². The SMILES string of the molecule is CCOc1cc(/C=N/NC(=O)CCC(=O)Nc2ccccc2C)cc(I)c1O. The molecule has 0 aliphatic carbocycles. The number of nitrogens with one attached hydrogen (secondary N) is 2. The van der Waals surface area contributed by atoms with Crippen LogP contribution < -0.4 is 15.5 Å². The summed E-state index contributed by atoms with van der Waals surface area (Å²) in [5.74, 6) is -0.170. The predicted octanol–water partition coefficient (Wildman–Crippen LogP) is 3.57. The zero-order valence-electron chi connectivity index (χ0n) is 15.7. The zero-order valence-corrected chi connectivity index (χ0v) is 17.8. The Morgan fingerprint density at radius 2 is 1.93 bits per heavy atom. The normalized spacial score (nSPS) is 10.7. The maximum Gasteiger partial charge on any atom is 0.240 e. The minimum absolute atomic E-state index is 0.0202. The number of ether oxygens (including phenoxy) is 1. The Labute approximate surface area is 177 Å². The highest BCUT2D eigenvalue weighted by Crippen LogP contribution is 2.32. The van der Waals surface area contributed by atoms with Crippen molar-refractivity contribution in [1.29, 1.82) is 0 Å². The Bertz CT molecular complexity index is 884. The smallest absolute Gasteiger partial charge is 0.240 e. The van der Waals surface area contributed by atoms with Crippen molar-refractivity contribution in [3.8, 4) is 11.5 Å². The number of halogens is 1. The number of hydrogen-bond acceptors (Lipinski definition) is 5. The molecule has 0 spiro atoms. The van der Waals surface area contributed by atoms with E-state index in [1.807, 2.05) is 60.7 Å². The molecule has 2 aromatic rings. The summed E-state index contributed by atoms with van der Waals surface area (Å²) in [6.45, 7) is 4.15. The molecule has 2 amide bonds. The fraction of sp³-hybridized carbons (Fsp3) is 0.250. The lowest BCUT2D eigenvalue weighted by atomic mass is 10.2. The van der Waals surface area contributed by atoms with Gasteiger partial charge in [-0.15, -0.1) is 0 Å². The Hall–Kier alpha value is -2.62. The quantitative estimate of drug-likeness (QED) is 0.296. The molecular formula is C20H22IN3O4. The summed E-state index contributed by atoms with van der Waals surface area (Å²) in [5, 5.41) is 16.6. The third kappa shape index (κ3) is 6.52. The fourth-order valence-electron chi connectivity index (χ4n) is 2.32. The summed E-state index contributed by atoms with van der Waals surface area (Å²) < 4.78 is 5.97. The Morgan fingerprint density at radius 3 is 2.64 bits per heavy atom. The second-order valence-electron chi connectivity index (χ2n) is 5.94. The van der Waals surface area contributed by atoms with Crippen molar-refractivity contribution >= 4 is 46.3 Å². The number of nitrogens with zero attached hydrogens (tertiary/aromatic N) is 1. The maximum atomic E-state index is 12.0. The molecule has 2 aromatic carbocycles. The lowest BCUT2D eigenvalue weighted by Gasteiger charge is -2.08. The average molecular weight is 495 g/mol. The number of benzene rings is 2. The maximum absolute atomic E-state index is 12.0. The monoisotopic (exact) mass is 495 g/mol. The van der Waals surface area contributed by atoms with Crippen LogP contribution in [0.15, 0.2) is 41.5 Å². The first-order valence-electron chi connectivity index (χ1n) is 8.73. The lowest BCUT2D eigenvalue weighted by molar-refractivity contribution is -0.124. The first-order valence-corrected chi connectivity index (χ1v) is 9.81. The zero-order chi connectivity index (χ0) is 20.5. The molecule has 0 heterocycles. The number of aromatic hydroxyl groups is 1. The Balaban J connectivity index is 1.83. The van der Waals surface area contributed by atoms with Crippen molar-refractivity contribution < 1.29 is 19.4 Å². The number of hydrogen-bond donors (Lipinski definition) is 3. The molecule has 148 valence electrons. The summed E-state index contributed by atoms with van der Waals surface area (Å²) in [6, 6.07) is 10.8. The standard InChI is InChI=1S/C20H22IN3O4/c1-3-28-17-11-14(10-15(21)20(17)27)12-22-24-19(26)9-8-18(25)23-16-7-5-4-6-13(16)2/h4-7,10-12,27H,3,8-9H2,1-2H3,(H,23,25)(H,24,26)/b22-12+. The van der Waals surface area contributed by atoms with Gasteiger partial charge < -0.3 is 15.2 Å². The molecule has 0 aliphatic heterocycles. The van der Waals surface area contributed by atoms with Gasteiger partial charge in [0.15, 0.2) is 11.5 Å². The van der Waals surface area contributed by atoms with Crippen LogP contribution in [0.3, 0.4) is 0 Å². The average Bonchev–Trinajstić information content (AvgIpc) is 2.66. The van der Waals surface area contributed by atoms with Gasteiger partial charge in [-0.1, -0.05) is 18.2 Å². The van der Waals surface area contributed by atoms with Gasteiger partial charge in [-0.25, -0.2) is 5.43 Å². The molecule has 0 radical (unpaired) electrons. The molecule has 2 rings (SSSR count). The molecular weight excluding hydrogens is 473 g/mol. The number of anilines is 1. The van der Waals surface area contributed by atoms with E-state index < -0.39 is 0 Å². The third-order valence-corrected chi connectivity index (χ3v) is 4.57. The number of phenolic OH excluding ortho intramolecular Hbond substituents is 1. The molecule has 0 saturated heterocycles. The minimum Gasteiger partial charge on any atom is -0.504 e. The van der Waals surface area contributed by atoms with Gasteiger partial charge in [0.25, 0.3) is 0 Å². The number of rotatable bonds is 8. The van der Waals surface area contributed by atoms with Crippen molar-refractivity contribution in [2.24, 2.45) is 5.10 Å². The van der Waals surface area contributed by atoms with Gasteiger partial charge in [0.1, 0.15) is 0 Å². The van der Waals surface area contributed by atoms with Crippen LogP contribution in [0.4, 0.5) is 5.69 Å². The Morgan fingerprint density at radius 1 is 1.21 bits per heavy atom. The first kappa shape index (κ1) is 21.7. The largest absolute Gasteiger partial charge is 0.504 e. The molecule has 0 aromatic heterocycles. The van der Waals surface area contributed by atoms with Gasteiger partial charge >= 0.3 is 0 Å². The van der Waals surface area contributed by atoms with E-state index in [0.717, 1.165) is 11.3 Å². The summed E-state index contributed by atoms with van der Waals surface area (Å²) >= 11 is 1.99. The van der Waals surface area contributed by atoms with Crippen LogP contribution in [0, 0.1) is 10.5 Å². The third-order valence-electron chi connectivity index (χ3n) is 3.75. The van der Waals surface area contributed by atoms with Crippen molar-refractivity contribution in [3.63, 3.8) is 0 Å². The topological polar surface area (TPSA) is 100 Å². The lowest BCUT2D eigenvalue weighted by Crippen LogP contribution is -2.20. The van der Waals surface area contributed by atoms with E-state index in [9.17, 15) is 14.7 Å². The van der Waals surface area contributed by atoms with Gasteiger partial charge in [-0.3, -0.25) is 9.59 Å². The van der Waals surface area contributed by atoms with E-state index in [0.29, 0.717) is 21.5 Å². The summed E-state index contributed by atoms with van der Waals surface area (Å²) in [7, 11) is 0. The van der Waals surface area contributed by atoms with Crippen LogP contribution in [0.1, 0.15) is 30.9 Å². The van der Waals surface area contributed by atoms with Crippen LogP contribution in [0.25, 0.3) is 0 Å². The van der Waals surface area contributed by atoms with Crippen LogP contribution >= 0.6 is 22.6 Å². The Kier molecular flexibility index (Phi) is 8.24. The van der Waals surface area contributed by atoms with E-state index >= 15 is 0 Å². The van der Waals surface area contributed by atoms with Crippen LogP contribution in [0.2, 0.25) is 0 Å². The van der Waals surface area contributed by atoms with Crippen LogP contribution in [-0.4, -0.2) is 29.7 Å². The highest BCUT2D eigenvalue weighted by molar-refractivity contribution is 14.1. The van der Waals surface area contributed by atoms with Crippen molar-refractivity contribution in [1.82, 2.24) is 5.43 Å². The first-order chi connectivity index (χ1) is 13.4. The molecule has 0 saturated carbocycles. The second-order valence-corrected chi connectivity index (χ2v) is 7.10. The summed E-state index contributed by atoms with van der Waals surface area (Å²) in [5.41, 5.74) is 4.75. The van der Waals surface area contributed by atoms with Crippen LogP contribution in [-0.2, 0) is 9.59 Å². The highest BCUT2D eigenvalue weighted by Gasteiger charge is 2.09. The molecule has 7 nitrogen and oxygen atoms in total. The van der Waals surface area contributed by atoms with E-state index in [1.54, 1.807) is 12.1 Å². The van der Waals surface area contributed by atoms with E-state index in [1.165, 1.54) is 6.21 Å². The van der Waals surface area contributed by atoms with Gasteiger partial charge in [-0.05, 0) is 65.8 Å². The van der Waals surface area contributed by atoms with Gasteiger partial charge in [0, 0.05) is 18.5 Å². The molecule has 0 bridgehead atoms. The van der Waals surface area contributed by atoms with Gasteiger partial charge in [-0.2, -0.15) is 5.10 Å².